The lowest BCUT2D eigenvalue weighted by Crippen LogP contribution is -2.36. The van der Waals surface area contributed by atoms with Crippen molar-refractivity contribution in [3.05, 3.63) is 58.0 Å². The molecule has 1 aliphatic heterocycles. The number of carbonyl (C=O) groups excluding carboxylic acids is 2. The number of aromatic hydroxyl groups is 1. The molecule has 3 aromatic rings. The molecule has 1 saturated carbocycles. The SMILES string of the molecule is CC(C)Cn1c(O)c(C(=O)NC2CC2)c(=O)n2ncc(C=CC(=O)N3CCOc4ccccc43)c12. The molecule has 0 radical (unpaired) electrons. The first-order valence-electron chi connectivity index (χ1n) is 11.7. The highest BCUT2D eigenvalue weighted by atomic mass is 16.5. The van der Waals surface area contributed by atoms with E-state index >= 15 is 0 Å². The normalized spacial score (nSPS) is 15.5. The molecule has 182 valence electrons. The Morgan fingerprint density at radius 1 is 1.29 bits per heavy atom. The third kappa shape index (κ3) is 4.27. The molecule has 1 fully saturated rings. The molecule has 1 aromatic carbocycles. The monoisotopic (exact) mass is 477 g/mol. The fourth-order valence-corrected chi connectivity index (χ4v) is 4.20. The number of hydrogen-bond donors (Lipinski definition) is 2. The van der Waals surface area contributed by atoms with E-state index < -0.39 is 17.3 Å². The Balaban J connectivity index is 1.54. The van der Waals surface area contributed by atoms with Crippen molar-refractivity contribution in [2.24, 2.45) is 5.92 Å². The lowest BCUT2D eigenvalue weighted by molar-refractivity contribution is -0.114. The van der Waals surface area contributed by atoms with Crippen LogP contribution in [-0.2, 0) is 11.3 Å². The van der Waals surface area contributed by atoms with Crippen molar-refractivity contribution in [3.63, 3.8) is 0 Å². The molecule has 2 aromatic heterocycles. The van der Waals surface area contributed by atoms with Gasteiger partial charge in [-0.25, -0.2) is 0 Å². The van der Waals surface area contributed by atoms with Crippen molar-refractivity contribution in [2.45, 2.75) is 39.3 Å². The summed E-state index contributed by atoms with van der Waals surface area (Å²) in [5.41, 5.74) is 0.444. The average Bonchev–Trinajstić information content (AvgIpc) is 3.55. The van der Waals surface area contributed by atoms with Crippen LogP contribution in [0.1, 0.15) is 42.6 Å². The topological polar surface area (TPSA) is 118 Å². The molecule has 0 bridgehead atoms. The van der Waals surface area contributed by atoms with E-state index in [4.69, 9.17) is 4.74 Å². The molecule has 10 heteroatoms. The van der Waals surface area contributed by atoms with E-state index in [2.05, 4.69) is 10.4 Å². The summed E-state index contributed by atoms with van der Waals surface area (Å²) in [4.78, 5) is 40.5. The largest absolute Gasteiger partial charge is 0.494 e. The van der Waals surface area contributed by atoms with Crippen LogP contribution in [0, 0.1) is 5.92 Å². The van der Waals surface area contributed by atoms with Crippen molar-refractivity contribution in [1.29, 1.82) is 0 Å². The third-order valence-corrected chi connectivity index (χ3v) is 6.00. The Hall–Kier alpha value is -4.08. The van der Waals surface area contributed by atoms with Crippen molar-refractivity contribution in [2.75, 3.05) is 18.1 Å². The van der Waals surface area contributed by atoms with Crippen LogP contribution >= 0.6 is 0 Å². The molecule has 0 atom stereocenters. The summed E-state index contributed by atoms with van der Waals surface area (Å²) < 4.78 is 8.24. The lowest BCUT2D eigenvalue weighted by Gasteiger charge is -2.28. The zero-order valence-corrected chi connectivity index (χ0v) is 19.6. The van der Waals surface area contributed by atoms with Gasteiger partial charge in [0.2, 0.25) is 5.88 Å². The van der Waals surface area contributed by atoms with Crippen LogP contribution in [0.5, 0.6) is 11.6 Å². The number of carbonyl (C=O) groups is 2. The van der Waals surface area contributed by atoms with Gasteiger partial charge in [0.05, 0.1) is 18.4 Å². The highest BCUT2D eigenvalue weighted by Crippen LogP contribution is 2.31. The summed E-state index contributed by atoms with van der Waals surface area (Å²) in [6.07, 6.45) is 6.14. The van der Waals surface area contributed by atoms with Crippen LogP contribution in [0.15, 0.2) is 41.3 Å². The maximum atomic E-state index is 13.1. The summed E-state index contributed by atoms with van der Waals surface area (Å²) in [6, 6.07) is 7.35. The molecule has 2 aliphatic rings. The first-order chi connectivity index (χ1) is 16.8. The zero-order chi connectivity index (χ0) is 24.7. The molecule has 3 heterocycles. The number of ether oxygens (including phenoxy) is 1. The fraction of sp³-hybridized carbons (Fsp3) is 0.360. The average molecular weight is 478 g/mol. The van der Waals surface area contributed by atoms with Gasteiger partial charge < -0.3 is 20.1 Å². The molecular formula is C25H27N5O5. The highest BCUT2D eigenvalue weighted by Gasteiger charge is 2.30. The van der Waals surface area contributed by atoms with Gasteiger partial charge in [-0.1, -0.05) is 26.0 Å². The summed E-state index contributed by atoms with van der Waals surface area (Å²) in [5.74, 6) is -0.516. The minimum Gasteiger partial charge on any atom is -0.494 e. The summed E-state index contributed by atoms with van der Waals surface area (Å²) in [7, 11) is 0. The van der Waals surface area contributed by atoms with Gasteiger partial charge >= 0.3 is 0 Å². The van der Waals surface area contributed by atoms with E-state index in [0.29, 0.717) is 42.3 Å². The van der Waals surface area contributed by atoms with E-state index in [1.807, 2.05) is 38.1 Å². The Kier molecular flexibility index (Phi) is 5.80. The van der Waals surface area contributed by atoms with Gasteiger partial charge in [0.15, 0.2) is 5.56 Å². The first-order valence-corrected chi connectivity index (χ1v) is 11.7. The van der Waals surface area contributed by atoms with E-state index in [-0.39, 0.29) is 23.4 Å². The number of para-hydroxylation sites is 2. The van der Waals surface area contributed by atoms with Crippen LogP contribution in [0.3, 0.4) is 0 Å². The van der Waals surface area contributed by atoms with Gasteiger partial charge in [0.25, 0.3) is 17.4 Å². The molecule has 35 heavy (non-hydrogen) atoms. The Morgan fingerprint density at radius 3 is 2.80 bits per heavy atom. The number of anilines is 1. The number of benzene rings is 1. The van der Waals surface area contributed by atoms with Crippen LogP contribution in [0.2, 0.25) is 0 Å². The van der Waals surface area contributed by atoms with Crippen molar-refractivity contribution in [3.8, 4) is 11.6 Å². The third-order valence-electron chi connectivity index (χ3n) is 6.00. The van der Waals surface area contributed by atoms with Gasteiger partial charge in [-0.3, -0.25) is 19.0 Å². The van der Waals surface area contributed by atoms with Gasteiger partial charge in [-0.2, -0.15) is 9.61 Å². The van der Waals surface area contributed by atoms with Crippen molar-refractivity contribution in [1.82, 2.24) is 19.5 Å². The lowest BCUT2D eigenvalue weighted by atomic mass is 10.2. The second-order valence-corrected chi connectivity index (χ2v) is 9.23. The minimum absolute atomic E-state index is 0.0305. The maximum absolute atomic E-state index is 13.1. The molecule has 5 rings (SSSR count). The second kappa shape index (κ2) is 8.94. The van der Waals surface area contributed by atoms with Gasteiger partial charge in [0.1, 0.15) is 18.0 Å². The highest BCUT2D eigenvalue weighted by molar-refractivity contribution is 6.05. The zero-order valence-electron chi connectivity index (χ0n) is 19.6. The predicted molar refractivity (Wildman–Crippen MR) is 130 cm³/mol. The van der Waals surface area contributed by atoms with Crippen LogP contribution < -0.4 is 20.5 Å². The number of aromatic nitrogens is 3. The van der Waals surface area contributed by atoms with Gasteiger partial charge in [0, 0.05) is 24.2 Å². The van der Waals surface area contributed by atoms with Crippen LogP contribution in [-0.4, -0.2) is 50.3 Å². The van der Waals surface area contributed by atoms with E-state index in [0.717, 1.165) is 17.4 Å². The first kappa shape index (κ1) is 22.7. The van der Waals surface area contributed by atoms with Crippen LogP contribution in [0.4, 0.5) is 5.69 Å². The summed E-state index contributed by atoms with van der Waals surface area (Å²) >= 11 is 0. The fourth-order valence-electron chi connectivity index (χ4n) is 4.20. The number of hydrogen-bond acceptors (Lipinski definition) is 6. The number of nitrogens with zero attached hydrogens (tertiary/aromatic N) is 4. The Bertz CT molecular complexity index is 1400. The molecule has 0 spiro atoms. The standard InChI is InChI=1S/C25H27N5O5/c1-15(2)14-29-23-16(7-10-20(31)28-11-12-35-19-6-4-3-5-18(19)28)13-26-30(23)25(34)21(24(29)33)22(32)27-17-8-9-17/h3-7,10,13,15,17,33H,8-9,11-12,14H2,1-2H3,(H,27,32). The van der Waals surface area contributed by atoms with Gasteiger partial charge in [-0.15, -0.1) is 0 Å². The number of nitrogens with one attached hydrogen (secondary N) is 1. The van der Waals surface area contributed by atoms with Crippen LogP contribution in [0.25, 0.3) is 11.7 Å². The number of fused-ring (bicyclic) bond motifs is 2. The quantitative estimate of drug-likeness (QED) is 0.526. The Morgan fingerprint density at radius 2 is 2.06 bits per heavy atom. The number of rotatable bonds is 6. The van der Waals surface area contributed by atoms with E-state index in [9.17, 15) is 19.5 Å². The molecular weight excluding hydrogens is 450 g/mol. The second-order valence-electron chi connectivity index (χ2n) is 9.23. The summed E-state index contributed by atoms with van der Waals surface area (Å²) in [6.45, 7) is 5.07. The van der Waals surface area contributed by atoms with E-state index in [1.165, 1.54) is 16.8 Å². The molecule has 0 unspecified atom stereocenters. The van der Waals surface area contributed by atoms with Crippen molar-refractivity contribution < 1.29 is 19.4 Å². The Labute approximate surface area is 201 Å². The van der Waals surface area contributed by atoms with Gasteiger partial charge in [-0.05, 0) is 37.0 Å². The smallest absolute Gasteiger partial charge is 0.291 e. The minimum atomic E-state index is -0.705. The van der Waals surface area contributed by atoms with E-state index in [1.54, 1.807) is 11.0 Å². The molecule has 10 nitrogen and oxygen atoms in total. The number of amides is 2. The molecule has 0 saturated heterocycles. The molecule has 1 aliphatic carbocycles. The molecule has 2 amide bonds. The maximum Gasteiger partial charge on any atom is 0.291 e. The van der Waals surface area contributed by atoms with Crippen molar-refractivity contribution >= 4 is 29.2 Å². The molecule has 2 N–H and O–H groups in total. The predicted octanol–water partition coefficient (Wildman–Crippen LogP) is 2.19. The summed E-state index contributed by atoms with van der Waals surface area (Å²) in [5, 5.41) is 17.9.